The van der Waals surface area contributed by atoms with E-state index in [-0.39, 0.29) is 21.4 Å². The Bertz CT molecular complexity index is 1390. The van der Waals surface area contributed by atoms with E-state index < -0.39 is 40.1 Å². The van der Waals surface area contributed by atoms with Crippen LogP contribution in [0.1, 0.15) is 52.7 Å². The van der Waals surface area contributed by atoms with Crippen LogP contribution in [0.4, 0.5) is 8.78 Å². The molecule has 0 bridgehead atoms. The fraction of sp³-hybridized carbons (Fsp3) is 0.385. The van der Waals surface area contributed by atoms with Gasteiger partial charge in [0.05, 0.1) is 11.2 Å². The van der Waals surface area contributed by atoms with Crippen molar-refractivity contribution in [3.63, 3.8) is 0 Å². The zero-order chi connectivity index (χ0) is 27.2. The summed E-state index contributed by atoms with van der Waals surface area (Å²) in [6, 6.07) is 14.3. The lowest BCUT2D eigenvalue weighted by Gasteiger charge is -2.36. The molecule has 196 valence electrons. The molecule has 36 heavy (non-hydrogen) atoms. The Hall–Kier alpha value is -2.32. The van der Waals surface area contributed by atoms with Gasteiger partial charge in [0.2, 0.25) is 0 Å². The lowest BCUT2D eigenvalue weighted by Crippen LogP contribution is -2.30. The van der Waals surface area contributed by atoms with Crippen LogP contribution in [0.3, 0.4) is 0 Å². The van der Waals surface area contributed by atoms with Gasteiger partial charge >= 0.3 is 23.4 Å². The number of halogens is 2. The van der Waals surface area contributed by atoms with Crippen molar-refractivity contribution in [2.75, 3.05) is 0 Å². The van der Waals surface area contributed by atoms with Crippen molar-refractivity contribution in [2.45, 2.75) is 70.2 Å². The average molecular weight is 541 g/mol. The topological polar surface area (TPSA) is 78.9 Å². The largest absolute Gasteiger partial charge is 0.405 e. The molecule has 0 amide bonds. The first-order valence-corrected chi connectivity index (χ1v) is 14.2. The normalized spacial score (nSPS) is 13.7. The predicted molar refractivity (Wildman–Crippen MR) is 136 cm³/mol. The highest BCUT2D eigenvalue weighted by molar-refractivity contribution is 7.87. The third-order valence-electron chi connectivity index (χ3n) is 4.81. The molecule has 6 nitrogen and oxygen atoms in total. The first kappa shape index (κ1) is 28.3. The van der Waals surface area contributed by atoms with Gasteiger partial charge in [-0.25, -0.2) is 0 Å². The van der Waals surface area contributed by atoms with Crippen LogP contribution >= 0.6 is 7.60 Å². The second kappa shape index (κ2) is 9.53. The van der Waals surface area contributed by atoms with Gasteiger partial charge in [0.25, 0.3) is 0 Å². The number of aryl methyl sites for hydroxylation is 1. The third kappa shape index (κ3) is 6.32. The Morgan fingerprint density at radius 2 is 1.33 bits per heavy atom. The SMILES string of the molecule is Cc1ccc(S(=O)(=O)Oc2cc(C(F)(F)P(=O)(OC(C)(C)C)OC(C)(C)C)cc3ccccc23)cc1. The fourth-order valence-corrected chi connectivity index (χ4v) is 6.50. The van der Waals surface area contributed by atoms with Crippen LogP contribution in [0.25, 0.3) is 10.8 Å². The van der Waals surface area contributed by atoms with E-state index in [0.29, 0.717) is 0 Å². The Morgan fingerprint density at radius 3 is 1.86 bits per heavy atom. The standard InChI is InChI=1S/C26H31F2O6PS/c1-18-12-14-21(15-13-18)36(30,31)32-23-17-20(16-19-10-8-9-11-22(19)23)26(27,28)35(29,33-24(2,3)4)34-25(5,6)7/h8-17H,1-7H3. The van der Waals surface area contributed by atoms with Crippen LogP contribution in [0, 0.1) is 6.92 Å². The summed E-state index contributed by atoms with van der Waals surface area (Å²) in [5.41, 5.74) is -6.50. The van der Waals surface area contributed by atoms with Gasteiger partial charge in [0.1, 0.15) is 4.90 Å². The predicted octanol–water partition coefficient (Wildman–Crippen LogP) is 7.79. The summed E-state index contributed by atoms with van der Waals surface area (Å²) in [6.07, 6.45) is 0. The highest BCUT2D eigenvalue weighted by Crippen LogP contribution is 2.70. The average Bonchev–Trinajstić information content (AvgIpc) is 2.71. The Kier molecular flexibility index (Phi) is 7.48. The Balaban J connectivity index is 2.20. The highest BCUT2D eigenvalue weighted by atomic mass is 32.2. The zero-order valence-electron chi connectivity index (χ0n) is 21.3. The summed E-state index contributed by atoms with van der Waals surface area (Å²) in [5.74, 6) is -0.332. The maximum atomic E-state index is 16.1. The van der Waals surface area contributed by atoms with Gasteiger partial charge in [-0.15, -0.1) is 0 Å². The van der Waals surface area contributed by atoms with E-state index in [4.69, 9.17) is 13.2 Å². The van der Waals surface area contributed by atoms with Crippen LogP contribution in [-0.4, -0.2) is 19.6 Å². The lowest BCUT2D eigenvalue weighted by molar-refractivity contribution is -0.0212. The molecule has 0 saturated heterocycles. The third-order valence-corrected chi connectivity index (χ3v) is 8.58. The number of hydrogen-bond donors (Lipinski definition) is 0. The minimum absolute atomic E-state index is 0.132. The molecule has 0 atom stereocenters. The molecule has 0 radical (unpaired) electrons. The molecule has 3 aromatic carbocycles. The van der Waals surface area contributed by atoms with Crippen molar-refractivity contribution in [3.8, 4) is 5.75 Å². The molecule has 3 rings (SSSR count). The van der Waals surface area contributed by atoms with E-state index in [2.05, 4.69) is 0 Å². The minimum Gasteiger partial charge on any atom is -0.378 e. The first-order valence-electron chi connectivity index (χ1n) is 11.3. The van der Waals surface area contributed by atoms with E-state index in [1.54, 1.807) is 37.3 Å². The van der Waals surface area contributed by atoms with Gasteiger partial charge in [0.15, 0.2) is 5.75 Å². The van der Waals surface area contributed by atoms with Crippen LogP contribution in [0.15, 0.2) is 65.6 Å². The van der Waals surface area contributed by atoms with Crippen LogP contribution in [0.2, 0.25) is 0 Å². The molecular weight excluding hydrogens is 509 g/mol. The highest BCUT2D eigenvalue weighted by Gasteiger charge is 2.58. The molecule has 0 aliphatic rings. The molecule has 0 spiro atoms. The van der Waals surface area contributed by atoms with Crippen molar-refractivity contribution < 1.29 is 35.0 Å². The van der Waals surface area contributed by atoms with Crippen LogP contribution < -0.4 is 4.18 Å². The molecule has 0 aliphatic carbocycles. The maximum absolute atomic E-state index is 16.1. The number of alkyl halides is 2. The fourth-order valence-electron chi connectivity index (χ4n) is 3.40. The molecular formula is C26H31F2O6PS. The summed E-state index contributed by atoms with van der Waals surface area (Å²) in [7, 11) is -9.49. The molecule has 0 fully saturated rings. The quantitative estimate of drug-likeness (QED) is 0.225. The summed E-state index contributed by atoms with van der Waals surface area (Å²) >= 11 is 0. The van der Waals surface area contributed by atoms with E-state index >= 15 is 8.78 Å². The molecule has 10 heteroatoms. The Labute approximate surface area is 211 Å². The molecule has 0 saturated carbocycles. The van der Waals surface area contributed by atoms with Crippen molar-refractivity contribution in [1.29, 1.82) is 0 Å². The van der Waals surface area contributed by atoms with Crippen molar-refractivity contribution in [2.24, 2.45) is 0 Å². The summed E-state index contributed by atoms with van der Waals surface area (Å²) in [4.78, 5) is -0.132. The van der Waals surface area contributed by atoms with Gasteiger partial charge in [-0.2, -0.15) is 17.2 Å². The molecule has 0 unspecified atom stereocenters. The van der Waals surface area contributed by atoms with E-state index in [9.17, 15) is 13.0 Å². The monoisotopic (exact) mass is 540 g/mol. The number of benzene rings is 3. The molecule has 3 aromatic rings. The smallest absolute Gasteiger partial charge is 0.378 e. The van der Waals surface area contributed by atoms with Crippen molar-refractivity contribution in [3.05, 3.63) is 71.8 Å². The first-order chi connectivity index (χ1) is 16.3. The van der Waals surface area contributed by atoms with E-state index in [1.165, 1.54) is 59.7 Å². The van der Waals surface area contributed by atoms with Crippen LogP contribution in [0.5, 0.6) is 5.75 Å². The minimum atomic E-state index is -5.14. The summed E-state index contributed by atoms with van der Waals surface area (Å²) in [6.45, 7) is 10.7. The second-order valence-corrected chi connectivity index (χ2v) is 14.0. The van der Waals surface area contributed by atoms with Gasteiger partial charge in [-0.1, -0.05) is 42.0 Å². The molecule has 0 N–H and O–H groups in total. The Morgan fingerprint density at radius 1 is 0.806 bits per heavy atom. The van der Waals surface area contributed by atoms with Crippen molar-refractivity contribution >= 4 is 28.5 Å². The molecule has 0 heterocycles. The van der Waals surface area contributed by atoms with Gasteiger partial charge in [-0.3, -0.25) is 13.6 Å². The zero-order valence-corrected chi connectivity index (χ0v) is 23.0. The van der Waals surface area contributed by atoms with Gasteiger partial charge in [0, 0.05) is 10.9 Å². The van der Waals surface area contributed by atoms with E-state index in [1.807, 2.05) is 0 Å². The van der Waals surface area contributed by atoms with Gasteiger partial charge in [-0.05, 0) is 78.1 Å². The van der Waals surface area contributed by atoms with E-state index in [0.717, 1.165) is 17.7 Å². The van der Waals surface area contributed by atoms with Crippen LogP contribution in [-0.2, 0) is 29.4 Å². The molecule has 0 aromatic heterocycles. The lowest BCUT2D eigenvalue weighted by atomic mass is 10.1. The second-order valence-electron chi connectivity index (χ2n) is 10.5. The maximum Gasteiger partial charge on any atom is 0.405 e. The summed E-state index contributed by atoms with van der Waals surface area (Å²) < 4.78 is 87.9. The number of rotatable bonds is 7. The molecule has 0 aliphatic heterocycles. The number of hydrogen-bond acceptors (Lipinski definition) is 6. The van der Waals surface area contributed by atoms with Crippen molar-refractivity contribution in [1.82, 2.24) is 0 Å². The van der Waals surface area contributed by atoms with Gasteiger partial charge < -0.3 is 4.18 Å². The summed E-state index contributed by atoms with van der Waals surface area (Å²) in [5, 5.41) is 0.554. The number of fused-ring (bicyclic) bond motifs is 1.